The van der Waals surface area contributed by atoms with Crippen molar-refractivity contribution in [3.05, 3.63) is 64.9 Å². The van der Waals surface area contributed by atoms with Crippen molar-refractivity contribution in [2.24, 2.45) is 0 Å². The summed E-state index contributed by atoms with van der Waals surface area (Å²) >= 11 is 1.29. The highest BCUT2D eigenvalue weighted by Crippen LogP contribution is 2.31. The standard InChI is InChI=1S/C19H14N2O4S/c22-18(20-21-19(23)17-6-3-9-26-17)11-24-12-7-8-16-14(10-12)13-4-1-2-5-15(13)25-16/h1-10H,11H2,(H,20,22)(H,21,23). The summed E-state index contributed by atoms with van der Waals surface area (Å²) in [5.74, 6) is -0.268. The summed E-state index contributed by atoms with van der Waals surface area (Å²) in [6.07, 6.45) is 0. The van der Waals surface area contributed by atoms with Gasteiger partial charge in [0.1, 0.15) is 16.9 Å². The first-order valence-electron chi connectivity index (χ1n) is 7.87. The number of carbonyl (C=O) groups is 2. The zero-order valence-electron chi connectivity index (χ0n) is 13.5. The van der Waals surface area contributed by atoms with Gasteiger partial charge in [0, 0.05) is 10.8 Å². The number of rotatable bonds is 4. The summed E-state index contributed by atoms with van der Waals surface area (Å²) < 4.78 is 11.3. The minimum absolute atomic E-state index is 0.216. The molecule has 0 aliphatic rings. The molecule has 0 spiro atoms. The monoisotopic (exact) mass is 366 g/mol. The Balaban J connectivity index is 1.38. The number of carbonyl (C=O) groups excluding carboxylic acids is 2. The van der Waals surface area contributed by atoms with Gasteiger partial charge in [0.15, 0.2) is 6.61 Å². The average Bonchev–Trinajstić information content (AvgIpc) is 3.32. The summed E-state index contributed by atoms with van der Waals surface area (Å²) in [6, 6.07) is 16.5. The van der Waals surface area contributed by atoms with E-state index in [1.807, 2.05) is 30.3 Å². The van der Waals surface area contributed by atoms with Gasteiger partial charge in [-0.2, -0.15) is 0 Å². The van der Waals surface area contributed by atoms with Crippen molar-refractivity contribution in [1.29, 1.82) is 0 Å². The number of thiophene rings is 1. The van der Waals surface area contributed by atoms with Crippen LogP contribution in [0.25, 0.3) is 21.9 Å². The molecule has 4 aromatic rings. The summed E-state index contributed by atoms with van der Waals surface area (Å²) in [4.78, 5) is 24.1. The van der Waals surface area contributed by atoms with Crippen LogP contribution in [0.4, 0.5) is 0 Å². The first-order valence-corrected chi connectivity index (χ1v) is 8.75. The molecule has 26 heavy (non-hydrogen) atoms. The largest absolute Gasteiger partial charge is 0.484 e. The van der Waals surface area contributed by atoms with Crippen LogP contribution in [0.2, 0.25) is 0 Å². The fourth-order valence-electron chi connectivity index (χ4n) is 2.58. The van der Waals surface area contributed by atoms with Crippen LogP contribution in [0.3, 0.4) is 0 Å². The van der Waals surface area contributed by atoms with Crippen LogP contribution in [0.1, 0.15) is 9.67 Å². The third-order valence-electron chi connectivity index (χ3n) is 3.78. The first-order chi connectivity index (χ1) is 12.7. The predicted molar refractivity (Wildman–Crippen MR) is 99.1 cm³/mol. The first kappa shape index (κ1) is 16.2. The number of furan rings is 1. The van der Waals surface area contributed by atoms with Gasteiger partial charge < -0.3 is 9.15 Å². The van der Waals surface area contributed by atoms with Crippen molar-refractivity contribution in [2.45, 2.75) is 0 Å². The van der Waals surface area contributed by atoms with Gasteiger partial charge in [0.2, 0.25) is 0 Å². The van der Waals surface area contributed by atoms with E-state index in [0.29, 0.717) is 10.6 Å². The number of hydrogen-bond acceptors (Lipinski definition) is 5. The van der Waals surface area contributed by atoms with Gasteiger partial charge in [-0.3, -0.25) is 20.4 Å². The van der Waals surface area contributed by atoms with Crippen LogP contribution in [0, 0.1) is 0 Å². The van der Waals surface area contributed by atoms with E-state index in [0.717, 1.165) is 21.9 Å². The number of benzene rings is 2. The molecule has 0 bridgehead atoms. The maximum atomic E-state index is 11.9. The van der Waals surface area contributed by atoms with Crippen LogP contribution in [-0.4, -0.2) is 18.4 Å². The minimum atomic E-state index is -0.452. The van der Waals surface area contributed by atoms with Crippen LogP contribution < -0.4 is 15.6 Å². The molecule has 0 aliphatic heterocycles. The van der Waals surface area contributed by atoms with E-state index in [4.69, 9.17) is 9.15 Å². The molecule has 0 unspecified atom stereocenters. The Labute approximate surface area is 152 Å². The number of ether oxygens (including phenoxy) is 1. The Kier molecular flexibility index (Phi) is 4.28. The Morgan fingerprint density at radius 3 is 2.65 bits per heavy atom. The maximum Gasteiger partial charge on any atom is 0.279 e. The lowest BCUT2D eigenvalue weighted by molar-refractivity contribution is -0.123. The lowest BCUT2D eigenvalue weighted by atomic mass is 10.1. The molecular weight excluding hydrogens is 352 g/mol. The zero-order chi connectivity index (χ0) is 17.9. The molecule has 2 aromatic heterocycles. The molecular formula is C19H14N2O4S. The van der Waals surface area contributed by atoms with Crippen molar-refractivity contribution in [2.75, 3.05) is 6.61 Å². The van der Waals surface area contributed by atoms with E-state index in [2.05, 4.69) is 10.9 Å². The molecule has 0 saturated carbocycles. The fraction of sp³-hybridized carbons (Fsp3) is 0.0526. The number of amides is 2. The highest BCUT2D eigenvalue weighted by molar-refractivity contribution is 7.12. The van der Waals surface area contributed by atoms with Gasteiger partial charge in [-0.15, -0.1) is 11.3 Å². The number of hydrazine groups is 1. The Morgan fingerprint density at radius 1 is 0.962 bits per heavy atom. The molecule has 2 amide bonds. The second kappa shape index (κ2) is 6.89. The molecule has 7 heteroatoms. The summed E-state index contributed by atoms with van der Waals surface area (Å²) in [6.45, 7) is -0.216. The molecule has 130 valence electrons. The quantitative estimate of drug-likeness (QED) is 0.542. The van der Waals surface area contributed by atoms with Gasteiger partial charge in [0.25, 0.3) is 11.8 Å². The summed E-state index contributed by atoms with van der Waals surface area (Å²) in [5, 5.41) is 3.69. The normalized spacial score (nSPS) is 10.8. The van der Waals surface area contributed by atoms with E-state index >= 15 is 0 Å². The van der Waals surface area contributed by atoms with Crippen molar-refractivity contribution in [1.82, 2.24) is 10.9 Å². The maximum absolute atomic E-state index is 11.9. The van der Waals surface area contributed by atoms with Crippen molar-refractivity contribution < 1.29 is 18.7 Å². The molecule has 0 aliphatic carbocycles. The van der Waals surface area contributed by atoms with E-state index in [1.54, 1.807) is 29.6 Å². The Morgan fingerprint density at radius 2 is 1.81 bits per heavy atom. The van der Waals surface area contributed by atoms with E-state index in [1.165, 1.54) is 11.3 Å². The lowest BCUT2D eigenvalue weighted by Crippen LogP contribution is -2.43. The van der Waals surface area contributed by atoms with Gasteiger partial charge >= 0.3 is 0 Å². The highest BCUT2D eigenvalue weighted by Gasteiger charge is 2.10. The lowest BCUT2D eigenvalue weighted by Gasteiger charge is -2.08. The molecule has 2 heterocycles. The second-order valence-corrected chi connectivity index (χ2v) is 6.47. The van der Waals surface area contributed by atoms with Crippen LogP contribution >= 0.6 is 11.3 Å². The highest BCUT2D eigenvalue weighted by atomic mass is 32.1. The predicted octanol–water partition coefficient (Wildman–Crippen LogP) is 3.49. The average molecular weight is 366 g/mol. The van der Waals surface area contributed by atoms with Crippen molar-refractivity contribution in [3.63, 3.8) is 0 Å². The van der Waals surface area contributed by atoms with Gasteiger partial charge in [-0.25, -0.2) is 0 Å². The Hall–Kier alpha value is -3.32. The van der Waals surface area contributed by atoms with Crippen LogP contribution in [0.15, 0.2) is 64.4 Å². The van der Waals surface area contributed by atoms with Crippen molar-refractivity contribution in [3.8, 4) is 5.75 Å². The van der Waals surface area contributed by atoms with Crippen LogP contribution in [-0.2, 0) is 4.79 Å². The molecule has 4 rings (SSSR count). The second-order valence-electron chi connectivity index (χ2n) is 5.52. The number of hydrogen-bond donors (Lipinski definition) is 2. The van der Waals surface area contributed by atoms with Gasteiger partial charge in [-0.1, -0.05) is 24.3 Å². The number of para-hydroxylation sites is 1. The van der Waals surface area contributed by atoms with Crippen molar-refractivity contribution >= 4 is 45.1 Å². The number of nitrogens with one attached hydrogen (secondary N) is 2. The molecule has 0 atom stereocenters. The number of fused-ring (bicyclic) bond motifs is 3. The zero-order valence-corrected chi connectivity index (χ0v) is 14.3. The third kappa shape index (κ3) is 3.25. The molecule has 0 radical (unpaired) electrons. The van der Waals surface area contributed by atoms with Gasteiger partial charge in [0.05, 0.1) is 4.88 Å². The van der Waals surface area contributed by atoms with Gasteiger partial charge in [-0.05, 0) is 35.7 Å². The third-order valence-corrected chi connectivity index (χ3v) is 4.65. The SMILES string of the molecule is O=C(COc1ccc2oc3ccccc3c2c1)NNC(=O)c1cccs1. The summed E-state index contributed by atoms with van der Waals surface area (Å²) in [5.41, 5.74) is 6.23. The fourth-order valence-corrected chi connectivity index (χ4v) is 3.19. The molecule has 2 aromatic carbocycles. The molecule has 0 fully saturated rings. The minimum Gasteiger partial charge on any atom is -0.484 e. The molecule has 2 N–H and O–H groups in total. The van der Waals surface area contributed by atoms with Crippen LogP contribution in [0.5, 0.6) is 5.75 Å². The molecule has 6 nitrogen and oxygen atoms in total. The smallest absolute Gasteiger partial charge is 0.279 e. The van der Waals surface area contributed by atoms with E-state index in [-0.39, 0.29) is 12.5 Å². The topological polar surface area (TPSA) is 80.6 Å². The Bertz CT molecular complexity index is 1090. The van der Waals surface area contributed by atoms with E-state index < -0.39 is 5.91 Å². The summed E-state index contributed by atoms with van der Waals surface area (Å²) in [7, 11) is 0. The molecule has 0 saturated heterocycles. The van der Waals surface area contributed by atoms with E-state index in [9.17, 15) is 9.59 Å².